The molecule has 19 heavy (non-hydrogen) atoms. The molecule has 100 valence electrons. The molecule has 1 aromatic carbocycles. The largest absolute Gasteiger partial charge is 0.306 e. The molecular weight excluding hydrogens is 263 g/mol. The van der Waals surface area contributed by atoms with E-state index in [4.69, 9.17) is 11.6 Å². The molecule has 4 heteroatoms. The van der Waals surface area contributed by atoms with E-state index in [9.17, 15) is 4.39 Å². The maximum atomic E-state index is 13.3. The lowest BCUT2D eigenvalue weighted by molar-refractivity contribution is 0.596. The first-order valence-corrected chi connectivity index (χ1v) is 6.59. The van der Waals surface area contributed by atoms with Gasteiger partial charge in [0.25, 0.3) is 0 Å². The lowest BCUT2D eigenvalue weighted by atomic mass is 9.99. The Hall–Kier alpha value is -1.45. The van der Waals surface area contributed by atoms with Crippen molar-refractivity contribution in [3.05, 3.63) is 64.2 Å². The van der Waals surface area contributed by atoms with E-state index in [-0.39, 0.29) is 11.9 Å². The second kappa shape index (κ2) is 6.13. The summed E-state index contributed by atoms with van der Waals surface area (Å²) in [7, 11) is 0. The second-order valence-corrected chi connectivity index (χ2v) is 4.86. The first-order chi connectivity index (χ1) is 9.11. The molecule has 0 amide bonds. The number of aryl methyl sites for hydroxylation is 1. The van der Waals surface area contributed by atoms with E-state index >= 15 is 0 Å². The number of rotatable bonds is 4. The summed E-state index contributed by atoms with van der Waals surface area (Å²) in [5.74, 6) is -0.344. The Morgan fingerprint density at radius 3 is 2.74 bits per heavy atom. The highest BCUT2D eigenvalue weighted by Crippen LogP contribution is 2.29. The predicted molar refractivity (Wildman–Crippen MR) is 75.9 cm³/mol. The quantitative estimate of drug-likeness (QED) is 0.918. The minimum Gasteiger partial charge on any atom is -0.306 e. The van der Waals surface area contributed by atoms with Gasteiger partial charge < -0.3 is 5.32 Å². The highest BCUT2D eigenvalue weighted by molar-refractivity contribution is 6.31. The fourth-order valence-corrected chi connectivity index (χ4v) is 2.41. The van der Waals surface area contributed by atoms with Crippen LogP contribution in [0.4, 0.5) is 4.39 Å². The molecule has 0 saturated heterocycles. The number of benzene rings is 1. The van der Waals surface area contributed by atoms with Crippen LogP contribution in [0, 0.1) is 12.7 Å². The van der Waals surface area contributed by atoms with Crippen LogP contribution in [0.5, 0.6) is 0 Å². The van der Waals surface area contributed by atoms with Gasteiger partial charge in [0.05, 0.1) is 12.2 Å². The van der Waals surface area contributed by atoms with Crippen molar-refractivity contribution in [3.8, 4) is 0 Å². The molecule has 2 nitrogen and oxygen atoms in total. The minimum atomic E-state index is -0.344. The topological polar surface area (TPSA) is 24.9 Å². The summed E-state index contributed by atoms with van der Waals surface area (Å²) in [5, 5.41) is 3.99. The third kappa shape index (κ3) is 3.31. The number of nitrogens with zero attached hydrogens (tertiary/aromatic N) is 1. The molecule has 1 heterocycles. The van der Waals surface area contributed by atoms with Crippen LogP contribution >= 0.6 is 11.6 Å². The van der Waals surface area contributed by atoms with E-state index < -0.39 is 0 Å². The fourth-order valence-electron chi connectivity index (χ4n) is 2.06. The Labute approximate surface area is 117 Å². The summed E-state index contributed by atoms with van der Waals surface area (Å²) in [6.07, 6.45) is 2.86. The highest BCUT2D eigenvalue weighted by Gasteiger charge is 2.17. The average molecular weight is 279 g/mol. The zero-order valence-electron chi connectivity index (χ0n) is 11.0. The van der Waals surface area contributed by atoms with E-state index in [1.54, 1.807) is 6.20 Å². The molecule has 1 atom stereocenters. The molecule has 0 bridgehead atoms. The summed E-state index contributed by atoms with van der Waals surface area (Å²) >= 11 is 6.30. The fraction of sp³-hybridized carbons (Fsp3) is 0.267. The number of aromatic nitrogens is 1. The molecule has 2 rings (SSSR count). The Bertz CT molecular complexity index is 572. The molecule has 1 N–H and O–H groups in total. The highest BCUT2D eigenvalue weighted by atomic mass is 35.5. The Morgan fingerprint density at radius 2 is 2.11 bits per heavy atom. The molecule has 0 aliphatic heterocycles. The lowest BCUT2D eigenvalue weighted by Crippen LogP contribution is -2.22. The van der Waals surface area contributed by atoms with Crippen LogP contribution in [0.2, 0.25) is 5.02 Å². The van der Waals surface area contributed by atoms with E-state index in [2.05, 4.69) is 10.3 Å². The van der Waals surface area contributed by atoms with Gasteiger partial charge in [0.2, 0.25) is 0 Å². The minimum absolute atomic E-state index is 0.152. The van der Waals surface area contributed by atoms with E-state index in [0.29, 0.717) is 5.02 Å². The molecular formula is C15H16ClFN2. The molecule has 0 fully saturated rings. The van der Waals surface area contributed by atoms with Crippen LogP contribution in [0.15, 0.2) is 36.7 Å². The van der Waals surface area contributed by atoms with Crippen LogP contribution in [0.3, 0.4) is 0 Å². The average Bonchev–Trinajstić information content (AvgIpc) is 2.37. The van der Waals surface area contributed by atoms with Gasteiger partial charge in [-0.25, -0.2) is 4.39 Å². The molecule has 0 aliphatic rings. The third-order valence-corrected chi connectivity index (χ3v) is 3.26. The number of halogens is 2. The van der Waals surface area contributed by atoms with Gasteiger partial charge >= 0.3 is 0 Å². The summed E-state index contributed by atoms with van der Waals surface area (Å²) in [6.45, 7) is 4.74. The zero-order valence-corrected chi connectivity index (χ0v) is 11.7. The number of hydrogen-bond acceptors (Lipinski definition) is 2. The van der Waals surface area contributed by atoms with E-state index in [1.165, 1.54) is 12.3 Å². The number of hydrogen-bond donors (Lipinski definition) is 1. The standard InChI is InChI=1S/C15H16ClFN2/c1-3-19-15(11-7-12(17)9-18-8-11)13-5-4-10(2)6-14(13)16/h4-9,15,19H,3H2,1-2H3. The normalized spacial score (nSPS) is 12.4. The maximum absolute atomic E-state index is 13.3. The molecule has 1 aromatic heterocycles. The van der Waals surface area contributed by atoms with Crippen molar-refractivity contribution in [2.75, 3.05) is 6.54 Å². The summed E-state index contributed by atoms with van der Waals surface area (Å²) in [5.41, 5.74) is 2.80. The van der Waals surface area contributed by atoms with E-state index in [0.717, 1.165) is 23.2 Å². The Kier molecular flexibility index (Phi) is 4.51. The van der Waals surface area contributed by atoms with Crippen molar-refractivity contribution in [2.24, 2.45) is 0 Å². The molecule has 0 aliphatic carbocycles. The van der Waals surface area contributed by atoms with Crippen molar-refractivity contribution in [3.63, 3.8) is 0 Å². The first-order valence-electron chi connectivity index (χ1n) is 6.21. The second-order valence-electron chi connectivity index (χ2n) is 4.45. The van der Waals surface area contributed by atoms with Gasteiger partial charge in [0.15, 0.2) is 0 Å². The zero-order chi connectivity index (χ0) is 13.8. The van der Waals surface area contributed by atoms with Crippen LogP contribution in [-0.2, 0) is 0 Å². The molecule has 0 radical (unpaired) electrons. The smallest absolute Gasteiger partial charge is 0.141 e. The van der Waals surface area contributed by atoms with Gasteiger partial charge in [-0.3, -0.25) is 4.98 Å². The Morgan fingerprint density at radius 1 is 1.32 bits per heavy atom. The summed E-state index contributed by atoms with van der Waals surface area (Å²) < 4.78 is 13.3. The number of pyridine rings is 1. The monoisotopic (exact) mass is 278 g/mol. The van der Waals surface area contributed by atoms with Crippen LogP contribution < -0.4 is 5.32 Å². The van der Waals surface area contributed by atoms with Crippen LogP contribution in [0.25, 0.3) is 0 Å². The summed E-state index contributed by atoms with van der Waals surface area (Å²) in [4.78, 5) is 3.90. The molecule has 1 unspecified atom stereocenters. The van der Waals surface area contributed by atoms with Crippen molar-refractivity contribution in [1.29, 1.82) is 0 Å². The van der Waals surface area contributed by atoms with Crippen molar-refractivity contribution >= 4 is 11.6 Å². The van der Waals surface area contributed by atoms with Gasteiger partial charge in [-0.05, 0) is 42.3 Å². The number of nitrogens with one attached hydrogen (secondary N) is 1. The van der Waals surface area contributed by atoms with Gasteiger partial charge in [0.1, 0.15) is 5.82 Å². The summed E-state index contributed by atoms with van der Waals surface area (Å²) in [6, 6.07) is 7.21. The van der Waals surface area contributed by atoms with Crippen molar-refractivity contribution in [2.45, 2.75) is 19.9 Å². The molecule has 0 spiro atoms. The first kappa shape index (κ1) is 14.0. The van der Waals surface area contributed by atoms with Gasteiger partial charge in [-0.2, -0.15) is 0 Å². The van der Waals surface area contributed by atoms with Crippen LogP contribution in [0.1, 0.15) is 29.7 Å². The van der Waals surface area contributed by atoms with Gasteiger partial charge in [-0.15, -0.1) is 0 Å². The van der Waals surface area contributed by atoms with Crippen LogP contribution in [-0.4, -0.2) is 11.5 Å². The molecule has 0 saturated carbocycles. The predicted octanol–water partition coefficient (Wildman–Crippen LogP) is 3.88. The third-order valence-electron chi connectivity index (χ3n) is 2.93. The van der Waals surface area contributed by atoms with Gasteiger partial charge in [-0.1, -0.05) is 30.7 Å². The maximum Gasteiger partial charge on any atom is 0.141 e. The van der Waals surface area contributed by atoms with Crippen molar-refractivity contribution in [1.82, 2.24) is 10.3 Å². The lowest BCUT2D eigenvalue weighted by Gasteiger charge is -2.20. The Balaban J connectivity index is 2.45. The van der Waals surface area contributed by atoms with E-state index in [1.807, 2.05) is 32.0 Å². The van der Waals surface area contributed by atoms with Crippen molar-refractivity contribution < 1.29 is 4.39 Å². The SMILES string of the molecule is CCNC(c1cncc(F)c1)c1ccc(C)cc1Cl. The molecule has 2 aromatic rings. The van der Waals surface area contributed by atoms with Gasteiger partial charge in [0, 0.05) is 11.2 Å².